The van der Waals surface area contributed by atoms with E-state index in [0.29, 0.717) is 25.6 Å². The molecule has 2 aromatic rings. The maximum absolute atomic E-state index is 6.15. The zero-order valence-electron chi connectivity index (χ0n) is 18.9. The van der Waals surface area contributed by atoms with E-state index in [0.717, 1.165) is 42.7 Å². The topological polar surface area (TPSA) is 71.3 Å². The smallest absolute Gasteiger partial charge is 0.191 e. The van der Waals surface area contributed by atoms with Gasteiger partial charge in [0, 0.05) is 38.2 Å². The number of hydrogen-bond donors (Lipinski definition) is 2. The maximum atomic E-state index is 6.15. The van der Waals surface area contributed by atoms with Crippen molar-refractivity contribution in [3.05, 3.63) is 53.5 Å². The third kappa shape index (κ3) is 7.69. The average Bonchev–Trinajstić information content (AvgIpc) is 3.44. The van der Waals surface area contributed by atoms with E-state index in [4.69, 9.17) is 13.9 Å². The number of nitrogens with one attached hydrogen (secondary N) is 2. The first kappa shape index (κ1) is 25.5. The molecule has 2 unspecified atom stereocenters. The van der Waals surface area contributed by atoms with Gasteiger partial charge in [-0.25, -0.2) is 0 Å². The molecule has 0 spiro atoms. The highest BCUT2D eigenvalue weighted by Gasteiger charge is 2.18. The molecule has 2 N–H and O–H groups in total. The molecule has 0 radical (unpaired) electrons. The second-order valence-electron chi connectivity index (χ2n) is 7.95. The van der Waals surface area contributed by atoms with Crippen molar-refractivity contribution in [2.75, 3.05) is 47.5 Å². The molecule has 31 heavy (non-hydrogen) atoms. The molecule has 1 saturated heterocycles. The van der Waals surface area contributed by atoms with Gasteiger partial charge in [-0.2, -0.15) is 0 Å². The van der Waals surface area contributed by atoms with Crippen LogP contribution in [-0.2, 0) is 11.3 Å². The molecule has 1 aromatic carbocycles. The van der Waals surface area contributed by atoms with Gasteiger partial charge in [0.1, 0.15) is 11.5 Å². The molecule has 0 bridgehead atoms. The normalized spacial score (nSPS) is 17.3. The minimum Gasteiger partial charge on any atom is -0.493 e. The number of hydrogen-bond acceptors (Lipinski definition) is 5. The van der Waals surface area contributed by atoms with Gasteiger partial charge in [0.05, 0.1) is 25.5 Å². The van der Waals surface area contributed by atoms with Crippen molar-refractivity contribution >= 4 is 29.9 Å². The summed E-state index contributed by atoms with van der Waals surface area (Å²) in [5.41, 5.74) is 2.30. The van der Waals surface area contributed by atoms with Crippen LogP contribution in [0.1, 0.15) is 29.3 Å². The Morgan fingerprint density at radius 1 is 1.29 bits per heavy atom. The Morgan fingerprint density at radius 2 is 2.13 bits per heavy atom. The highest BCUT2D eigenvalue weighted by Crippen LogP contribution is 2.23. The zero-order chi connectivity index (χ0) is 21.3. The molecule has 0 saturated carbocycles. The van der Waals surface area contributed by atoms with E-state index in [1.165, 1.54) is 5.56 Å². The summed E-state index contributed by atoms with van der Waals surface area (Å²) in [5.74, 6) is 3.06. The Balaban J connectivity index is 0.00000341. The van der Waals surface area contributed by atoms with Gasteiger partial charge in [0.2, 0.25) is 0 Å². The molecule has 3 rings (SSSR count). The summed E-state index contributed by atoms with van der Waals surface area (Å²) in [5, 5.41) is 6.80. The number of furan rings is 1. The summed E-state index contributed by atoms with van der Waals surface area (Å²) < 4.78 is 17.2. The molecule has 1 aliphatic rings. The van der Waals surface area contributed by atoms with Gasteiger partial charge in [-0.05, 0) is 51.2 Å². The predicted octanol–water partition coefficient (Wildman–Crippen LogP) is 3.59. The van der Waals surface area contributed by atoms with Gasteiger partial charge >= 0.3 is 0 Å². The number of halogens is 1. The minimum absolute atomic E-state index is 0. The minimum atomic E-state index is 0. The number of guanidine groups is 1. The Hall–Kier alpha value is -1.78. The number of benzene rings is 1. The van der Waals surface area contributed by atoms with E-state index in [9.17, 15) is 0 Å². The Bertz CT molecular complexity index is 805. The van der Waals surface area contributed by atoms with E-state index in [1.54, 1.807) is 13.3 Å². The predicted molar refractivity (Wildman–Crippen MR) is 134 cm³/mol. The Morgan fingerprint density at radius 3 is 2.77 bits per heavy atom. The van der Waals surface area contributed by atoms with Crippen molar-refractivity contribution in [3.8, 4) is 5.75 Å². The molecular weight excluding hydrogens is 507 g/mol. The van der Waals surface area contributed by atoms with E-state index < -0.39 is 0 Å². The van der Waals surface area contributed by atoms with E-state index in [-0.39, 0.29) is 30.0 Å². The number of ether oxygens (including phenoxy) is 2. The van der Waals surface area contributed by atoms with Gasteiger partial charge in [0.15, 0.2) is 5.96 Å². The van der Waals surface area contributed by atoms with Crippen molar-refractivity contribution in [1.82, 2.24) is 15.5 Å². The van der Waals surface area contributed by atoms with Crippen LogP contribution in [0.25, 0.3) is 0 Å². The van der Waals surface area contributed by atoms with Gasteiger partial charge in [0.25, 0.3) is 0 Å². The standard InChI is InChI=1S/C23H34N4O3.HI/c1-17-7-8-19(22(12-17)30-16-18-9-11-28-15-18)13-25-23(24-2)26-14-20(27(3)4)21-6-5-10-29-21;/h5-8,10,12,18,20H,9,11,13-16H2,1-4H3,(H2,24,25,26);1H. The van der Waals surface area contributed by atoms with Crippen LogP contribution in [0.15, 0.2) is 46.0 Å². The van der Waals surface area contributed by atoms with Crippen LogP contribution in [0.5, 0.6) is 5.75 Å². The van der Waals surface area contributed by atoms with Crippen LogP contribution >= 0.6 is 24.0 Å². The summed E-state index contributed by atoms with van der Waals surface area (Å²) in [6.07, 6.45) is 2.77. The summed E-state index contributed by atoms with van der Waals surface area (Å²) in [6, 6.07) is 10.3. The quantitative estimate of drug-likeness (QED) is 0.287. The number of likely N-dealkylation sites (N-methyl/N-ethyl adjacent to an activating group) is 1. The van der Waals surface area contributed by atoms with Gasteiger partial charge in [-0.15, -0.1) is 24.0 Å². The van der Waals surface area contributed by atoms with Crippen molar-refractivity contribution < 1.29 is 13.9 Å². The van der Waals surface area contributed by atoms with E-state index in [1.807, 2.05) is 26.2 Å². The second kappa shape index (κ2) is 12.9. The zero-order valence-corrected chi connectivity index (χ0v) is 21.2. The second-order valence-corrected chi connectivity index (χ2v) is 7.95. The summed E-state index contributed by atoms with van der Waals surface area (Å²) in [6.45, 7) is 5.71. The van der Waals surface area contributed by atoms with Crippen LogP contribution in [0.4, 0.5) is 0 Å². The van der Waals surface area contributed by atoms with Crippen LogP contribution in [0.2, 0.25) is 0 Å². The summed E-state index contributed by atoms with van der Waals surface area (Å²) in [7, 11) is 5.85. The van der Waals surface area contributed by atoms with Crippen molar-refractivity contribution in [2.24, 2.45) is 10.9 Å². The molecule has 7 nitrogen and oxygen atoms in total. The highest BCUT2D eigenvalue weighted by atomic mass is 127. The highest BCUT2D eigenvalue weighted by molar-refractivity contribution is 14.0. The lowest BCUT2D eigenvalue weighted by molar-refractivity contribution is 0.166. The summed E-state index contributed by atoms with van der Waals surface area (Å²) >= 11 is 0. The Kier molecular flexibility index (Phi) is 10.6. The van der Waals surface area contributed by atoms with Crippen LogP contribution in [0, 0.1) is 12.8 Å². The molecule has 2 atom stereocenters. The number of aliphatic imine (C=N–C) groups is 1. The van der Waals surface area contributed by atoms with Gasteiger partial charge < -0.3 is 24.5 Å². The van der Waals surface area contributed by atoms with E-state index >= 15 is 0 Å². The fourth-order valence-corrected chi connectivity index (χ4v) is 3.48. The van der Waals surface area contributed by atoms with Crippen LogP contribution in [-0.4, -0.2) is 58.4 Å². The molecular formula is C23H35IN4O3. The Labute approximate surface area is 202 Å². The first-order chi connectivity index (χ1) is 14.6. The van der Waals surface area contributed by atoms with E-state index in [2.05, 4.69) is 45.6 Å². The van der Waals surface area contributed by atoms with Gasteiger partial charge in [-0.1, -0.05) is 12.1 Å². The maximum Gasteiger partial charge on any atom is 0.191 e. The van der Waals surface area contributed by atoms with Crippen molar-refractivity contribution in [2.45, 2.75) is 25.9 Å². The largest absolute Gasteiger partial charge is 0.493 e. The molecule has 1 aliphatic heterocycles. The van der Waals surface area contributed by atoms with Crippen LogP contribution in [0.3, 0.4) is 0 Å². The number of aryl methyl sites for hydroxylation is 1. The first-order valence-electron chi connectivity index (χ1n) is 10.5. The molecule has 8 heteroatoms. The SMILES string of the molecule is CN=C(NCc1ccc(C)cc1OCC1CCOC1)NCC(c1ccco1)N(C)C.I. The number of nitrogens with zero attached hydrogens (tertiary/aromatic N) is 2. The molecule has 2 heterocycles. The lowest BCUT2D eigenvalue weighted by Crippen LogP contribution is -2.41. The molecule has 172 valence electrons. The third-order valence-electron chi connectivity index (χ3n) is 5.35. The first-order valence-corrected chi connectivity index (χ1v) is 10.5. The molecule has 1 fully saturated rings. The fraction of sp³-hybridized carbons (Fsp3) is 0.522. The van der Waals surface area contributed by atoms with Gasteiger partial charge in [-0.3, -0.25) is 9.89 Å². The average molecular weight is 542 g/mol. The molecule has 1 aromatic heterocycles. The molecule has 0 amide bonds. The molecule has 0 aliphatic carbocycles. The fourth-order valence-electron chi connectivity index (χ4n) is 3.48. The summed E-state index contributed by atoms with van der Waals surface area (Å²) in [4.78, 5) is 6.48. The van der Waals surface area contributed by atoms with Crippen LogP contribution < -0.4 is 15.4 Å². The lowest BCUT2D eigenvalue weighted by atomic mass is 10.1. The van der Waals surface area contributed by atoms with Crippen molar-refractivity contribution in [1.29, 1.82) is 0 Å². The lowest BCUT2D eigenvalue weighted by Gasteiger charge is -2.24. The third-order valence-corrected chi connectivity index (χ3v) is 5.35. The van der Waals surface area contributed by atoms with Crippen molar-refractivity contribution in [3.63, 3.8) is 0 Å². The number of rotatable bonds is 9. The monoisotopic (exact) mass is 542 g/mol.